The molecule has 1 aliphatic rings. The van der Waals surface area contributed by atoms with Gasteiger partial charge in [0.1, 0.15) is 0 Å². The number of rotatable bonds is 3. The maximum absolute atomic E-state index is 12.5. The first kappa shape index (κ1) is 13.1. The molecule has 18 heavy (non-hydrogen) atoms. The SMILES string of the molecule is CC(C)C[C@H](N)C(=O)N1c2ccccc2CC1C. The third kappa shape index (κ3) is 2.41. The standard InChI is InChI=1S/C15H22N2O/c1-10(2)8-13(16)15(18)17-11(3)9-12-6-4-5-7-14(12)17/h4-7,10-11,13H,8-9,16H2,1-3H3/t11?,13-/m0/s1. The van der Waals surface area contributed by atoms with Gasteiger partial charge in [0.15, 0.2) is 0 Å². The van der Waals surface area contributed by atoms with E-state index in [4.69, 9.17) is 5.73 Å². The molecule has 0 spiro atoms. The summed E-state index contributed by atoms with van der Waals surface area (Å²) in [7, 11) is 0. The lowest BCUT2D eigenvalue weighted by atomic mass is 10.0. The summed E-state index contributed by atoms with van der Waals surface area (Å²) in [6.45, 7) is 6.27. The second-order valence-corrected chi connectivity index (χ2v) is 5.63. The molecule has 0 aromatic heterocycles. The number of nitrogens with two attached hydrogens (primary N) is 1. The molecule has 3 nitrogen and oxygen atoms in total. The number of benzene rings is 1. The smallest absolute Gasteiger partial charge is 0.244 e. The van der Waals surface area contributed by atoms with Gasteiger partial charge in [-0.15, -0.1) is 0 Å². The maximum Gasteiger partial charge on any atom is 0.244 e. The number of hydrogen-bond acceptors (Lipinski definition) is 2. The molecule has 0 fully saturated rings. The third-order valence-corrected chi connectivity index (χ3v) is 3.49. The van der Waals surface area contributed by atoms with Gasteiger partial charge in [0.25, 0.3) is 0 Å². The van der Waals surface area contributed by atoms with E-state index in [0.717, 1.165) is 18.5 Å². The summed E-state index contributed by atoms with van der Waals surface area (Å²) in [5.74, 6) is 0.498. The molecule has 98 valence electrons. The first-order valence-corrected chi connectivity index (χ1v) is 6.67. The Kier molecular flexibility index (Phi) is 3.71. The van der Waals surface area contributed by atoms with Crippen molar-refractivity contribution in [3.63, 3.8) is 0 Å². The first-order chi connectivity index (χ1) is 8.50. The number of carbonyl (C=O) groups excluding carboxylic acids is 1. The van der Waals surface area contributed by atoms with E-state index in [1.807, 2.05) is 23.1 Å². The van der Waals surface area contributed by atoms with E-state index in [9.17, 15) is 4.79 Å². The van der Waals surface area contributed by atoms with E-state index in [1.54, 1.807) is 0 Å². The van der Waals surface area contributed by atoms with Crippen LogP contribution in [-0.4, -0.2) is 18.0 Å². The van der Waals surface area contributed by atoms with Crippen LogP contribution in [0.15, 0.2) is 24.3 Å². The van der Waals surface area contributed by atoms with Gasteiger partial charge in [0, 0.05) is 11.7 Å². The summed E-state index contributed by atoms with van der Waals surface area (Å²) in [4.78, 5) is 14.3. The fourth-order valence-corrected chi connectivity index (χ4v) is 2.69. The number of anilines is 1. The highest BCUT2D eigenvalue weighted by Gasteiger charge is 2.33. The van der Waals surface area contributed by atoms with Crippen LogP contribution in [-0.2, 0) is 11.2 Å². The highest BCUT2D eigenvalue weighted by molar-refractivity contribution is 5.99. The van der Waals surface area contributed by atoms with E-state index in [-0.39, 0.29) is 11.9 Å². The summed E-state index contributed by atoms with van der Waals surface area (Å²) in [6, 6.07) is 7.93. The summed E-state index contributed by atoms with van der Waals surface area (Å²) in [6.07, 6.45) is 1.67. The van der Waals surface area contributed by atoms with Gasteiger partial charge >= 0.3 is 0 Å². The lowest BCUT2D eigenvalue weighted by molar-refractivity contribution is -0.120. The summed E-state index contributed by atoms with van der Waals surface area (Å²) >= 11 is 0. The lowest BCUT2D eigenvalue weighted by Gasteiger charge is -2.26. The summed E-state index contributed by atoms with van der Waals surface area (Å²) < 4.78 is 0. The van der Waals surface area contributed by atoms with Crippen LogP contribution in [0, 0.1) is 5.92 Å². The molecular weight excluding hydrogens is 224 g/mol. The van der Waals surface area contributed by atoms with Crippen molar-refractivity contribution in [2.45, 2.75) is 45.7 Å². The minimum Gasteiger partial charge on any atom is -0.320 e. The number of nitrogens with zero attached hydrogens (tertiary/aromatic N) is 1. The largest absolute Gasteiger partial charge is 0.320 e. The Morgan fingerprint density at radius 2 is 2.11 bits per heavy atom. The molecule has 0 aliphatic carbocycles. The Morgan fingerprint density at radius 3 is 2.78 bits per heavy atom. The molecule has 0 saturated carbocycles. The normalized spacial score (nSPS) is 20.1. The predicted octanol–water partition coefficient (Wildman–Crippen LogP) is 2.34. The fraction of sp³-hybridized carbons (Fsp3) is 0.533. The first-order valence-electron chi connectivity index (χ1n) is 6.67. The molecule has 2 atom stereocenters. The van der Waals surface area contributed by atoms with Crippen molar-refractivity contribution in [3.05, 3.63) is 29.8 Å². The van der Waals surface area contributed by atoms with Gasteiger partial charge in [-0.3, -0.25) is 4.79 Å². The zero-order valence-electron chi connectivity index (χ0n) is 11.4. The van der Waals surface area contributed by atoms with Crippen LogP contribution in [0.4, 0.5) is 5.69 Å². The van der Waals surface area contributed by atoms with Crippen molar-refractivity contribution in [2.24, 2.45) is 11.7 Å². The molecule has 2 N–H and O–H groups in total. The molecule has 2 rings (SSSR count). The molecule has 0 bridgehead atoms. The van der Waals surface area contributed by atoms with Crippen molar-refractivity contribution in [1.82, 2.24) is 0 Å². The van der Waals surface area contributed by atoms with Gasteiger partial charge in [0.2, 0.25) is 5.91 Å². The number of carbonyl (C=O) groups is 1. The number of amides is 1. The molecule has 1 aromatic rings. The maximum atomic E-state index is 12.5. The molecule has 1 amide bonds. The third-order valence-electron chi connectivity index (χ3n) is 3.49. The molecule has 0 radical (unpaired) electrons. The van der Waals surface area contributed by atoms with Gasteiger partial charge in [-0.25, -0.2) is 0 Å². The lowest BCUT2D eigenvalue weighted by Crippen LogP contribution is -2.47. The molecule has 3 heteroatoms. The summed E-state index contributed by atoms with van der Waals surface area (Å²) in [5, 5.41) is 0. The van der Waals surface area contributed by atoms with Crippen LogP contribution in [0.25, 0.3) is 0 Å². The second-order valence-electron chi connectivity index (χ2n) is 5.63. The van der Waals surface area contributed by atoms with E-state index < -0.39 is 6.04 Å². The quantitative estimate of drug-likeness (QED) is 0.889. The van der Waals surface area contributed by atoms with E-state index >= 15 is 0 Å². The Balaban J connectivity index is 2.20. The highest BCUT2D eigenvalue weighted by atomic mass is 16.2. The minimum absolute atomic E-state index is 0.0566. The average molecular weight is 246 g/mol. The Hall–Kier alpha value is -1.35. The van der Waals surface area contributed by atoms with Crippen LogP contribution in [0.2, 0.25) is 0 Å². The number of fused-ring (bicyclic) bond motifs is 1. The van der Waals surface area contributed by atoms with Crippen molar-refractivity contribution < 1.29 is 4.79 Å². The zero-order chi connectivity index (χ0) is 13.3. The van der Waals surface area contributed by atoms with Crippen LogP contribution in [0.1, 0.15) is 32.8 Å². The molecular formula is C15H22N2O. The van der Waals surface area contributed by atoms with E-state index in [0.29, 0.717) is 5.92 Å². The van der Waals surface area contributed by atoms with Gasteiger partial charge in [-0.2, -0.15) is 0 Å². The Morgan fingerprint density at radius 1 is 1.44 bits per heavy atom. The van der Waals surface area contributed by atoms with Gasteiger partial charge in [0.05, 0.1) is 6.04 Å². The fourth-order valence-electron chi connectivity index (χ4n) is 2.69. The molecule has 1 aliphatic heterocycles. The van der Waals surface area contributed by atoms with Crippen molar-refractivity contribution in [1.29, 1.82) is 0 Å². The van der Waals surface area contributed by atoms with Gasteiger partial charge in [-0.05, 0) is 37.3 Å². The molecule has 0 saturated heterocycles. The summed E-state index contributed by atoms with van der Waals surface area (Å²) in [5.41, 5.74) is 8.31. The zero-order valence-corrected chi connectivity index (χ0v) is 11.4. The topological polar surface area (TPSA) is 46.3 Å². The molecule has 1 unspecified atom stereocenters. The van der Waals surface area contributed by atoms with Crippen molar-refractivity contribution >= 4 is 11.6 Å². The predicted molar refractivity (Wildman–Crippen MR) is 74.5 cm³/mol. The highest BCUT2D eigenvalue weighted by Crippen LogP contribution is 2.32. The van der Waals surface area contributed by atoms with Gasteiger partial charge < -0.3 is 10.6 Å². The number of hydrogen-bond donors (Lipinski definition) is 1. The second kappa shape index (κ2) is 5.11. The van der Waals surface area contributed by atoms with Crippen LogP contribution in [0.5, 0.6) is 0 Å². The average Bonchev–Trinajstić information content (AvgIpc) is 2.63. The van der Waals surface area contributed by atoms with E-state index in [1.165, 1.54) is 5.56 Å². The monoisotopic (exact) mass is 246 g/mol. The van der Waals surface area contributed by atoms with Crippen molar-refractivity contribution in [2.75, 3.05) is 4.90 Å². The molecule has 1 aromatic carbocycles. The van der Waals surface area contributed by atoms with Crippen LogP contribution >= 0.6 is 0 Å². The number of para-hydroxylation sites is 1. The van der Waals surface area contributed by atoms with Crippen LogP contribution in [0.3, 0.4) is 0 Å². The van der Waals surface area contributed by atoms with Crippen LogP contribution < -0.4 is 10.6 Å². The van der Waals surface area contributed by atoms with Crippen molar-refractivity contribution in [3.8, 4) is 0 Å². The van der Waals surface area contributed by atoms with E-state index in [2.05, 4.69) is 26.8 Å². The molecule has 1 heterocycles. The van der Waals surface area contributed by atoms with Gasteiger partial charge in [-0.1, -0.05) is 32.0 Å². The minimum atomic E-state index is -0.390. The Labute approximate surface area is 109 Å². The Bertz CT molecular complexity index is 442.